The van der Waals surface area contributed by atoms with E-state index in [0.717, 1.165) is 12.0 Å². The first-order valence-corrected chi connectivity index (χ1v) is 7.57. The number of carbonyl (C=O) groups is 2. The Labute approximate surface area is 132 Å². The first-order valence-electron chi connectivity index (χ1n) is 7.57. The molecule has 23 heavy (non-hydrogen) atoms. The number of nitrogens with zero attached hydrogens (tertiary/aromatic N) is 2. The van der Waals surface area contributed by atoms with Crippen molar-refractivity contribution in [1.29, 1.82) is 0 Å². The van der Waals surface area contributed by atoms with E-state index in [-0.39, 0.29) is 24.3 Å². The van der Waals surface area contributed by atoms with Crippen molar-refractivity contribution in [2.24, 2.45) is 0 Å². The fourth-order valence-corrected chi connectivity index (χ4v) is 3.03. The highest BCUT2D eigenvalue weighted by Gasteiger charge is 2.30. The van der Waals surface area contributed by atoms with Gasteiger partial charge in [0.05, 0.1) is 10.9 Å². The summed E-state index contributed by atoms with van der Waals surface area (Å²) in [5, 5.41) is 2.58. The zero-order chi connectivity index (χ0) is 16.7. The molecule has 2 heterocycles. The molecule has 3 N–H and O–H groups in total. The van der Waals surface area contributed by atoms with Crippen molar-refractivity contribution >= 4 is 28.4 Å². The number of benzene rings is 1. The Bertz CT molecular complexity index is 885. The molecule has 1 saturated heterocycles. The van der Waals surface area contributed by atoms with E-state index in [4.69, 9.17) is 5.73 Å². The van der Waals surface area contributed by atoms with Crippen molar-refractivity contribution in [2.75, 3.05) is 5.73 Å². The van der Waals surface area contributed by atoms with Gasteiger partial charge < -0.3 is 5.73 Å². The topological polar surface area (TPSA) is 107 Å². The number of aromatic nitrogens is 2. The first kappa shape index (κ1) is 15.2. The number of nitrogen functional groups attached to an aromatic ring is 1. The van der Waals surface area contributed by atoms with Gasteiger partial charge in [0, 0.05) is 12.1 Å². The lowest BCUT2D eigenvalue weighted by Gasteiger charge is -2.24. The summed E-state index contributed by atoms with van der Waals surface area (Å²) in [6.07, 6.45) is 1.27. The number of fused-ring (bicyclic) bond motifs is 1. The number of imide groups is 1. The van der Waals surface area contributed by atoms with E-state index < -0.39 is 11.9 Å². The molecule has 1 aliphatic heterocycles. The summed E-state index contributed by atoms with van der Waals surface area (Å²) < 4.78 is 1.34. The van der Waals surface area contributed by atoms with Gasteiger partial charge in [0.25, 0.3) is 5.56 Å². The molecule has 1 atom stereocenters. The normalized spacial score (nSPS) is 18.3. The van der Waals surface area contributed by atoms with Crippen molar-refractivity contribution in [3.05, 3.63) is 33.9 Å². The number of nitrogens with two attached hydrogens (primary N) is 1. The molecule has 7 heteroatoms. The fourth-order valence-electron chi connectivity index (χ4n) is 3.03. The molecule has 0 saturated carbocycles. The zero-order valence-corrected chi connectivity index (χ0v) is 13.0. The number of nitrogens with one attached hydrogen (secondary N) is 1. The van der Waals surface area contributed by atoms with Gasteiger partial charge in [-0.2, -0.15) is 0 Å². The third-order valence-electron chi connectivity index (χ3n) is 4.20. The number of amides is 2. The Hall–Kier alpha value is -2.70. The van der Waals surface area contributed by atoms with Gasteiger partial charge in [0.1, 0.15) is 11.9 Å². The molecule has 0 aliphatic carbocycles. The molecule has 1 aromatic carbocycles. The molecule has 0 radical (unpaired) electrons. The quantitative estimate of drug-likeness (QED) is 0.630. The van der Waals surface area contributed by atoms with Crippen molar-refractivity contribution < 1.29 is 9.59 Å². The molecule has 1 unspecified atom stereocenters. The number of hydrogen-bond donors (Lipinski definition) is 2. The van der Waals surface area contributed by atoms with Crippen LogP contribution in [0.25, 0.3) is 10.9 Å². The maximum absolute atomic E-state index is 12.9. The molecule has 7 nitrogen and oxygen atoms in total. The summed E-state index contributed by atoms with van der Waals surface area (Å²) in [6.45, 7) is 3.68. The maximum Gasteiger partial charge on any atom is 0.264 e. The number of piperidine rings is 1. The van der Waals surface area contributed by atoms with Crippen molar-refractivity contribution in [3.63, 3.8) is 0 Å². The van der Waals surface area contributed by atoms with Gasteiger partial charge in [-0.05, 0) is 37.5 Å². The zero-order valence-electron chi connectivity index (χ0n) is 13.0. The Morgan fingerprint density at radius 2 is 2.09 bits per heavy atom. The van der Waals surface area contributed by atoms with Crippen molar-refractivity contribution in [3.8, 4) is 0 Å². The van der Waals surface area contributed by atoms with E-state index >= 15 is 0 Å². The minimum Gasteiger partial charge on any atom is -0.398 e. The highest BCUT2D eigenvalue weighted by molar-refractivity contribution is 5.99. The second-order valence-electron chi connectivity index (χ2n) is 5.73. The van der Waals surface area contributed by atoms with E-state index in [2.05, 4.69) is 10.3 Å². The van der Waals surface area contributed by atoms with Gasteiger partial charge in [0.2, 0.25) is 11.8 Å². The number of rotatable bonds is 2. The standard InChI is InChI=1S/C16H18N4O3/c1-3-9-6-10(17)14-11(7-9)18-8(2)20(16(14)23)12-4-5-13(21)19-15(12)22/h6-7,12H,3-5,17H2,1-2H3,(H,19,21,22). The fraction of sp³-hybridized carbons (Fsp3) is 0.375. The molecule has 2 amide bonds. The summed E-state index contributed by atoms with van der Waals surface area (Å²) in [6, 6.07) is 2.87. The van der Waals surface area contributed by atoms with Crippen LogP contribution in [0.15, 0.2) is 16.9 Å². The lowest BCUT2D eigenvalue weighted by atomic mass is 10.0. The molecule has 3 rings (SSSR count). The highest BCUT2D eigenvalue weighted by Crippen LogP contribution is 2.23. The SMILES string of the molecule is CCc1cc(N)c2c(=O)n(C3CCC(=O)NC3=O)c(C)nc2c1. The molecule has 0 spiro atoms. The van der Waals surface area contributed by atoms with Crippen LogP contribution in [0, 0.1) is 6.92 Å². The van der Waals surface area contributed by atoms with Crippen LogP contribution in [0.4, 0.5) is 5.69 Å². The van der Waals surface area contributed by atoms with Crippen LogP contribution in [0.2, 0.25) is 0 Å². The largest absolute Gasteiger partial charge is 0.398 e. The first-order chi connectivity index (χ1) is 10.9. The summed E-state index contributed by atoms with van der Waals surface area (Å²) in [5.41, 5.74) is 7.58. The molecular weight excluding hydrogens is 296 g/mol. The molecular formula is C16H18N4O3. The van der Waals surface area contributed by atoms with Crippen LogP contribution in [0.5, 0.6) is 0 Å². The third-order valence-corrected chi connectivity index (χ3v) is 4.20. The second kappa shape index (κ2) is 5.49. The Morgan fingerprint density at radius 3 is 2.74 bits per heavy atom. The minimum atomic E-state index is -0.734. The van der Waals surface area contributed by atoms with E-state index in [9.17, 15) is 14.4 Å². The van der Waals surface area contributed by atoms with Crippen LogP contribution in [-0.4, -0.2) is 21.4 Å². The molecule has 2 aromatic rings. The molecule has 1 aliphatic rings. The highest BCUT2D eigenvalue weighted by atomic mass is 16.2. The van der Waals surface area contributed by atoms with Crippen LogP contribution in [0.3, 0.4) is 0 Å². The van der Waals surface area contributed by atoms with E-state index in [1.807, 2.05) is 13.0 Å². The number of hydrogen-bond acceptors (Lipinski definition) is 5. The smallest absolute Gasteiger partial charge is 0.264 e. The van der Waals surface area contributed by atoms with Crippen LogP contribution < -0.4 is 16.6 Å². The van der Waals surface area contributed by atoms with E-state index in [1.54, 1.807) is 13.0 Å². The molecule has 0 bridgehead atoms. The van der Waals surface area contributed by atoms with Crippen LogP contribution in [0.1, 0.15) is 37.2 Å². The summed E-state index contributed by atoms with van der Waals surface area (Å²) in [7, 11) is 0. The van der Waals surface area contributed by atoms with Gasteiger partial charge in [0.15, 0.2) is 0 Å². The van der Waals surface area contributed by atoms with Gasteiger partial charge in [-0.15, -0.1) is 0 Å². The van der Waals surface area contributed by atoms with Crippen molar-refractivity contribution in [2.45, 2.75) is 39.2 Å². The van der Waals surface area contributed by atoms with Crippen LogP contribution in [-0.2, 0) is 16.0 Å². The second-order valence-corrected chi connectivity index (χ2v) is 5.73. The van der Waals surface area contributed by atoms with Crippen molar-refractivity contribution in [1.82, 2.24) is 14.9 Å². The summed E-state index contributed by atoms with van der Waals surface area (Å²) in [4.78, 5) is 40.7. The third kappa shape index (κ3) is 2.48. The Balaban J connectivity index is 2.23. The van der Waals surface area contributed by atoms with Gasteiger partial charge >= 0.3 is 0 Å². The lowest BCUT2D eigenvalue weighted by Crippen LogP contribution is -2.45. The molecule has 1 fully saturated rings. The average molecular weight is 314 g/mol. The summed E-state index contributed by atoms with van der Waals surface area (Å²) in [5.74, 6) is -0.362. The van der Waals surface area contributed by atoms with Gasteiger partial charge in [-0.25, -0.2) is 4.98 Å². The number of carbonyl (C=O) groups excluding carboxylic acids is 2. The number of aryl methyl sites for hydroxylation is 2. The lowest BCUT2D eigenvalue weighted by molar-refractivity contribution is -0.135. The minimum absolute atomic E-state index is 0.199. The van der Waals surface area contributed by atoms with E-state index in [0.29, 0.717) is 22.4 Å². The molecule has 120 valence electrons. The Kier molecular flexibility index (Phi) is 3.63. The summed E-state index contributed by atoms with van der Waals surface area (Å²) >= 11 is 0. The monoisotopic (exact) mass is 314 g/mol. The predicted molar refractivity (Wildman–Crippen MR) is 86.0 cm³/mol. The average Bonchev–Trinajstić information content (AvgIpc) is 2.48. The van der Waals surface area contributed by atoms with Gasteiger partial charge in [-0.1, -0.05) is 6.92 Å². The maximum atomic E-state index is 12.9. The predicted octanol–water partition coefficient (Wildman–Crippen LogP) is 0.827. The van der Waals surface area contributed by atoms with E-state index in [1.165, 1.54) is 4.57 Å². The van der Waals surface area contributed by atoms with Gasteiger partial charge in [-0.3, -0.25) is 24.3 Å². The van der Waals surface area contributed by atoms with Crippen LogP contribution >= 0.6 is 0 Å². The number of anilines is 1. The Morgan fingerprint density at radius 1 is 1.35 bits per heavy atom. The molecule has 1 aromatic heterocycles.